The van der Waals surface area contributed by atoms with Crippen LogP contribution in [-0.4, -0.2) is 19.3 Å². The van der Waals surface area contributed by atoms with E-state index in [0.29, 0.717) is 26.8 Å². The number of halogens is 1. The van der Waals surface area contributed by atoms with E-state index >= 15 is 0 Å². The number of carbonyl (C=O) groups excluding carboxylic acids is 1. The van der Waals surface area contributed by atoms with Crippen molar-refractivity contribution in [1.29, 1.82) is 0 Å². The van der Waals surface area contributed by atoms with Gasteiger partial charge in [0, 0.05) is 27.9 Å². The maximum absolute atomic E-state index is 12.2. The molecule has 0 bridgehead atoms. The van der Waals surface area contributed by atoms with Crippen molar-refractivity contribution in [2.75, 3.05) is 5.32 Å². The van der Waals surface area contributed by atoms with Gasteiger partial charge in [-0.3, -0.25) is 4.79 Å². The Morgan fingerprint density at radius 2 is 2.00 bits per heavy atom. The molecule has 26 heavy (non-hydrogen) atoms. The van der Waals surface area contributed by atoms with E-state index in [1.54, 1.807) is 48.0 Å². The Morgan fingerprint density at radius 3 is 2.65 bits per heavy atom. The fraction of sp³-hybridized carbons (Fsp3) is 0.0588. The van der Waals surface area contributed by atoms with Crippen molar-refractivity contribution in [3.8, 4) is 10.6 Å². The average molecular weight is 408 g/mol. The lowest BCUT2D eigenvalue weighted by atomic mass is 10.1. The van der Waals surface area contributed by atoms with Crippen LogP contribution in [-0.2, 0) is 21.2 Å². The second-order valence-corrected chi connectivity index (χ2v) is 8.24. The number of carbonyl (C=O) groups is 1. The Hall–Kier alpha value is -2.26. The van der Waals surface area contributed by atoms with Gasteiger partial charge in [-0.25, -0.2) is 18.5 Å². The van der Waals surface area contributed by atoms with E-state index in [4.69, 9.17) is 16.7 Å². The largest absolute Gasteiger partial charge is 0.326 e. The molecule has 134 valence electrons. The Balaban J connectivity index is 1.87. The highest BCUT2D eigenvalue weighted by molar-refractivity contribution is 7.89. The van der Waals surface area contributed by atoms with Gasteiger partial charge in [0.15, 0.2) is 0 Å². The average Bonchev–Trinajstić information content (AvgIpc) is 3.10. The van der Waals surface area contributed by atoms with Crippen LogP contribution in [0, 0.1) is 0 Å². The normalized spacial score (nSPS) is 11.3. The molecule has 6 nitrogen and oxygen atoms in total. The monoisotopic (exact) mass is 407 g/mol. The minimum Gasteiger partial charge on any atom is -0.326 e. The van der Waals surface area contributed by atoms with Gasteiger partial charge in [-0.15, -0.1) is 11.3 Å². The zero-order valence-electron chi connectivity index (χ0n) is 13.3. The standard InChI is InChI=1S/C17H14ClN3O3S2/c18-14-4-2-1-3-11(14)9-16(22)21-12-5-6-13(17-20-7-8-25-17)15(10-12)26(19,23)24/h1-8,10H,9H2,(H,21,22)(H2,19,23,24). The minimum absolute atomic E-state index is 0.0681. The van der Waals surface area contributed by atoms with E-state index in [1.807, 2.05) is 0 Å². The molecule has 0 aliphatic carbocycles. The highest BCUT2D eigenvalue weighted by Crippen LogP contribution is 2.30. The Morgan fingerprint density at radius 1 is 1.23 bits per heavy atom. The summed E-state index contributed by atoms with van der Waals surface area (Å²) >= 11 is 7.35. The number of hydrogen-bond acceptors (Lipinski definition) is 5. The van der Waals surface area contributed by atoms with E-state index in [9.17, 15) is 13.2 Å². The summed E-state index contributed by atoms with van der Waals surface area (Å²) in [5.74, 6) is -0.319. The smallest absolute Gasteiger partial charge is 0.238 e. The van der Waals surface area contributed by atoms with Crippen LogP contribution >= 0.6 is 22.9 Å². The molecule has 3 N–H and O–H groups in total. The van der Waals surface area contributed by atoms with E-state index in [0.717, 1.165) is 0 Å². The molecule has 0 saturated heterocycles. The number of primary sulfonamides is 1. The number of nitrogens with zero attached hydrogens (tertiary/aromatic N) is 1. The summed E-state index contributed by atoms with van der Waals surface area (Å²) in [6.07, 6.45) is 1.64. The van der Waals surface area contributed by atoms with Crippen molar-refractivity contribution in [2.45, 2.75) is 11.3 Å². The highest BCUT2D eigenvalue weighted by atomic mass is 35.5. The topological polar surface area (TPSA) is 102 Å². The van der Waals surface area contributed by atoms with Gasteiger partial charge < -0.3 is 5.32 Å². The number of sulfonamides is 1. The summed E-state index contributed by atoms with van der Waals surface area (Å²) in [6.45, 7) is 0. The first-order valence-electron chi connectivity index (χ1n) is 7.44. The quantitative estimate of drug-likeness (QED) is 0.677. The Bertz CT molecular complexity index is 1050. The third-order valence-electron chi connectivity index (χ3n) is 3.54. The van der Waals surface area contributed by atoms with E-state index in [1.165, 1.54) is 17.4 Å². The molecule has 2 aromatic carbocycles. The molecule has 0 aliphatic rings. The van der Waals surface area contributed by atoms with E-state index < -0.39 is 10.0 Å². The van der Waals surface area contributed by atoms with Crippen LogP contribution in [0.15, 0.2) is 58.9 Å². The Kier molecular flexibility index (Phi) is 5.38. The van der Waals surface area contributed by atoms with Gasteiger partial charge in [0.05, 0.1) is 11.3 Å². The molecule has 3 aromatic rings. The van der Waals surface area contributed by atoms with Crippen LogP contribution in [0.2, 0.25) is 5.02 Å². The summed E-state index contributed by atoms with van der Waals surface area (Å²) in [5, 5.41) is 10.8. The van der Waals surface area contributed by atoms with Crippen molar-refractivity contribution in [3.63, 3.8) is 0 Å². The summed E-state index contributed by atoms with van der Waals surface area (Å²) in [5.41, 5.74) is 1.40. The predicted molar refractivity (Wildman–Crippen MR) is 103 cm³/mol. The molecule has 0 atom stereocenters. The fourth-order valence-corrected chi connectivity index (χ4v) is 4.10. The summed E-state index contributed by atoms with van der Waals surface area (Å²) in [7, 11) is -3.99. The molecule has 1 amide bonds. The second kappa shape index (κ2) is 7.55. The van der Waals surface area contributed by atoms with Crippen LogP contribution in [0.5, 0.6) is 0 Å². The molecule has 0 radical (unpaired) electrons. The number of nitrogens with one attached hydrogen (secondary N) is 1. The van der Waals surface area contributed by atoms with Gasteiger partial charge in [-0.05, 0) is 29.8 Å². The molecule has 0 unspecified atom stereocenters. The number of aromatic nitrogens is 1. The number of rotatable bonds is 5. The number of nitrogens with two attached hydrogens (primary N) is 1. The molecule has 0 saturated carbocycles. The maximum atomic E-state index is 12.2. The van der Waals surface area contributed by atoms with Crippen molar-refractivity contribution in [3.05, 3.63) is 64.6 Å². The first kappa shape index (κ1) is 18.5. The van der Waals surface area contributed by atoms with Gasteiger partial charge in [-0.2, -0.15) is 0 Å². The lowest BCUT2D eigenvalue weighted by Gasteiger charge is -2.10. The van der Waals surface area contributed by atoms with Gasteiger partial charge in [0.2, 0.25) is 15.9 Å². The van der Waals surface area contributed by atoms with Crippen molar-refractivity contribution >= 4 is 44.6 Å². The summed E-state index contributed by atoms with van der Waals surface area (Å²) in [4.78, 5) is 16.3. The SMILES string of the molecule is NS(=O)(=O)c1cc(NC(=O)Cc2ccccc2Cl)ccc1-c1nccs1. The molecular weight excluding hydrogens is 394 g/mol. The van der Waals surface area contributed by atoms with Crippen LogP contribution in [0.3, 0.4) is 0 Å². The summed E-state index contributed by atoms with van der Waals surface area (Å²) < 4.78 is 23.9. The van der Waals surface area contributed by atoms with E-state index in [-0.39, 0.29) is 17.2 Å². The first-order chi connectivity index (χ1) is 12.3. The van der Waals surface area contributed by atoms with Gasteiger partial charge in [0.25, 0.3) is 0 Å². The predicted octanol–water partition coefficient (Wildman–Crippen LogP) is 3.29. The molecule has 1 heterocycles. The Labute approximate surface area is 159 Å². The molecule has 1 aromatic heterocycles. The minimum atomic E-state index is -3.99. The number of hydrogen-bond donors (Lipinski definition) is 2. The third-order valence-corrected chi connectivity index (χ3v) is 5.67. The van der Waals surface area contributed by atoms with E-state index in [2.05, 4.69) is 10.3 Å². The number of anilines is 1. The number of amides is 1. The molecular formula is C17H14ClN3O3S2. The molecule has 0 fully saturated rings. The maximum Gasteiger partial charge on any atom is 0.238 e. The first-order valence-corrected chi connectivity index (χ1v) is 10.2. The number of thiazole rings is 1. The van der Waals surface area contributed by atoms with Gasteiger partial charge >= 0.3 is 0 Å². The third kappa shape index (κ3) is 4.28. The second-order valence-electron chi connectivity index (χ2n) is 5.41. The molecule has 0 aliphatic heterocycles. The molecule has 3 rings (SSSR count). The van der Waals surface area contributed by atoms with Gasteiger partial charge in [-0.1, -0.05) is 29.8 Å². The number of benzene rings is 2. The van der Waals surface area contributed by atoms with Crippen molar-refractivity contribution < 1.29 is 13.2 Å². The van der Waals surface area contributed by atoms with Gasteiger partial charge in [0.1, 0.15) is 5.01 Å². The fourth-order valence-electron chi connectivity index (χ4n) is 2.39. The summed E-state index contributed by atoms with van der Waals surface area (Å²) in [6, 6.07) is 11.5. The molecule has 9 heteroatoms. The lowest BCUT2D eigenvalue weighted by Crippen LogP contribution is -2.17. The highest BCUT2D eigenvalue weighted by Gasteiger charge is 2.18. The lowest BCUT2D eigenvalue weighted by molar-refractivity contribution is -0.115. The molecule has 0 spiro atoms. The van der Waals surface area contributed by atoms with Crippen LogP contribution < -0.4 is 10.5 Å². The zero-order chi connectivity index (χ0) is 18.7. The zero-order valence-corrected chi connectivity index (χ0v) is 15.7. The van der Waals surface area contributed by atoms with Crippen LogP contribution in [0.1, 0.15) is 5.56 Å². The van der Waals surface area contributed by atoms with Crippen LogP contribution in [0.25, 0.3) is 10.6 Å². The van der Waals surface area contributed by atoms with Crippen LogP contribution in [0.4, 0.5) is 5.69 Å². The van der Waals surface area contributed by atoms with Crippen molar-refractivity contribution in [1.82, 2.24) is 4.98 Å². The van der Waals surface area contributed by atoms with Crippen molar-refractivity contribution in [2.24, 2.45) is 5.14 Å².